The molecule has 0 spiro atoms. The van der Waals surface area contributed by atoms with Gasteiger partial charge in [-0.2, -0.15) is 0 Å². The molecule has 2 rings (SSSR count). The molecule has 114 valence electrons. The molecule has 1 aliphatic heterocycles. The van der Waals surface area contributed by atoms with Crippen LogP contribution in [0, 0.1) is 0 Å². The van der Waals surface area contributed by atoms with E-state index in [1.54, 1.807) is 31.2 Å². The third kappa shape index (κ3) is 4.09. The van der Waals surface area contributed by atoms with Crippen LogP contribution in [0.15, 0.2) is 24.3 Å². The second kappa shape index (κ2) is 6.78. The van der Waals surface area contributed by atoms with Crippen molar-refractivity contribution in [2.45, 2.75) is 19.1 Å². The first-order valence-corrected chi connectivity index (χ1v) is 6.90. The van der Waals surface area contributed by atoms with E-state index in [0.717, 1.165) is 0 Å². The molecule has 1 saturated heterocycles. The highest BCUT2D eigenvalue weighted by molar-refractivity contribution is 6.30. The molecule has 0 unspecified atom stereocenters. The van der Waals surface area contributed by atoms with E-state index in [9.17, 15) is 9.59 Å². The van der Waals surface area contributed by atoms with Crippen LogP contribution in [-0.4, -0.2) is 53.8 Å². The van der Waals surface area contributed by atoms with Gasteiger partial charge in [0.05, 0.1) is 13.2 Å². The highest BCUT2D eigenvalue weighted by Gasteiger charge is 2.31. The number of carbonyl (C=O) groups excluding carboxylic acids is 1. The van der Waals surface area contributed by atoms with Crippen LogP contribution in [0.1, 0.15) is 6.92 Å². The molecule has 0 aliphatic carbocycles. The first-order valence-electron chi connectivity index (χ1n) is 6.53. The van der Waals surface area contributed by atoms with Crippen LogP contribution in [-0.2, 0) is 14.3 Å². The van der Waals surface area contributed by atoms with Crippen molar-refractivity contribution in [3.63, 3.8) is 0 Å². The van der Waals surface area contributed by atoms with Crippen LogP contribution in [0.2, 0.25) is 5.02 Å². The number of amides is 1. The van der Waals surface area contributed by atoms with E-state index in [0.29, 0.717) is 17.3 Å². The van der Waals surface area contributed by atoms with Crippen molar-refractivity contribution in [1.29, 1.82) is 0 Å². The van der Waals surface area contributed by atoms with Gasteiger partial charge in [0.2, 0.25) is 0 Å². The van der Waals surface area contributed by atoms with Crippen molar-refractivity contribution in [2.75, 3.05) is 19.7 Å². The topological polar surface area (TPSA) is 76.1 Å². The third-order valence-electron chi connectivity index (χ3n) is 3.13. The fourth-order valence-corrected chi connectivity index (χ4v) is 2.15. The van der Waals surface area contributed by atoms with Crippen LogP contribution in [0.5, 0.6) is 5.75 Å². The van der Waals surface area contributed by atoms with E-state index in [1.807, 2.05) is 0 Å². The number of carboxylic acids is 1. The highest BCUT2D eigenvalue weighted by atomic mass is 35.5. The van der Waals surface area contributed by atoms with Crippen LogP contribution >= 0.6 is 11.6 Å². The summed E-state index contributed by atoms with van der Waals surface area (Å²) in [5.74, 6) is -0.804. The van der Waals surface area contributed by atoms with Crippen LogP contribution in [0.25, 0.3) is 0 Å². The Balaban J connectivity index is 1.95. The van der Waals surface area contributed by atoms with Gasteiger partial charge in [-0.05, 0) is 31.2 Å². The van der Waals surface area contributed by atoms with Gasteiger partial charge in [-0.1, -0.05) is 11.6 Å². The molecule has 1 aromatic rings. The summed E-state index contributed by atoms with van der Waals surface area (Å²) in [6.45, 7) is 2.22. The molecule has 1 N–H and O–H groups in total. The van der Waals surface area contributed by atoms with E-state index in [1.165, 1.54) is 4.90 Å². The molecule has 1 aliphatic rings. The molecule has 1 heterocycles. The zero-order valence-electron chi connectivity index (χ0n) is 11.5. The molecular weight excluding hydrogens is 298 g/mol. The number of aliphatic carboxylic acids is 1. The molecular formula is C14H16ClNO5. The van der Waals surface area contributed by atoms with E-state index in [-0.39, 0.29) is 19.1 Å². The standard InChI is InChI=1S/C14H16ClNO5/c1-9(21-11-4-2-10(15)3-5-11)13(17)16-6-7-20-12(8-16)14(18)19/h2-5,9,12H,6-8H2,1H3,(H,18,19)/t9-,12-/m1/s1. The predicted octanol–water partition coefficient (Wildman–Crippen LogP) is 1.42. The van der Waals surface area contributed by atoms with Gasteiger partial charge >= 0.3 is 5.97 Å². The SMILES string of the molecule is C[C@@H](Oc1ccc(Cl)cc1)C(=O)N1CCO[C@@H](C(=O)O)C1. The zero-order chi connectivity index (χ0) is 15.4. The van der Waals surface area contributed by atoms with Gasteiger partial charge in [0, 0.05) is 11.6 Å². The van der Waals surface area contributed by atoms with Crippen molar-refractivity contribution in [1.82, 2.24) is 4.90 Å². The fourth-order valence-electron chi connectivity index (χ4n) is 2.02. The van der Waals surface area contributed by atoms with Crippen LogP contribution in [0.4, 0.5) is 0 Å². The zero-order valence-corrected chi connectivity index (χ0v) is 12.2. The Hall–Kier alpha value is -1.79. The Morgan fingerprint density at radius 1 is 1.43 bits per heavy atom. The van der Waals surface area contributed by atoms with Crippen LogP contribution in [0.3, 0.4) is 0 Å². The number of rotatable bonds is 4. The van der Waals surface area contributed by atoms with Gasteiger partial charge in [-0.3, -0.25) is 4.79 Å². The lowest BCUT2D eigenvalue weighted by Crippen LogP contribution is -2.51. The molecule has 6 nitrogen and oxygen atoms in total. The molecule has 2 atom stereocenters. The lowest BCUT2D eigenvalue weighted by molar-refractivity contribution is -0.161. The van der Waals surface area contributed by atoms with Gasteiger partial charge < -0.3 is 19.5 Å². The first kappa shape index (κ1) is 15.6. The average Bonchev–Trinajstić information content (AvgIpc) is 2.49. The largest absolute Gasteiger partial charge is 0.481 e. The maximum Gasteiger partial charge on any atom is 0.334 e. The normalized spacial score (nSPS) is 19.9. The summed E-state index contributed by atoms with van der Waals surface area (Å²) in [4.78, 5) is 24.6. The summed E-state index contributed by atoms with van der Waals surface area (Å²) in [5.41, 5.74) is 0. The van der Waals surface area contributed by atoms with Crippen molar-refractivity contribution in [3.8, 4) is 5.75 Å². The quantitative estimate of drug-likeness (QED) is 0.910. The minimum atomic E-state index is -1.07. The molecule has 1 amide bonds. The number of nitrogens with zero attached hydrogens (tertiary/aromatic N) is 1. The van der Waals surface area contributed by atoms with E-state index < -0.39 is 18.2 Å². The smallest absolute Gasteiger partial charge is 0.334 e. The second-order valence-corrected chi connectivity index (χ2v) is 5.13. The summed E-state index contributed by atoms with van der Waals surface area (Å²) in [6.07, 6.45) is -1.69. The number of hydrogen-bond donors (Lipinski definition) is 1. The van der Waals surface area contributed by atoms with Crippen molar-refractivity contribution < 1.29 is 24.2 Å². The molecule has 7 heteroatoms. The number of carboxylic acid groups (broad SMARTS) is 1. The number of morpholine rings is 1. The Morgan fingerprint density at radius 3 is 2.71 bits per heavy atom. The molecule has 0 radical (unpaired) electrons. The van der Waals surface area contributed by atoms with E-state index >= 15 is 0 Å². The Kier molecular flexibility index (Phi) is 5.03. The summed E-state index contributed by atoms with van der Waals surface area (Å²) in [7, 11) is 0. The van der Waals surface area contributed by atoms with Gasteiger partial charge in [0.15, 0.2) is 12.2 Å². The second-order valence-electron chi connectivity index (χ2n) is 4.70. The lowest BCUT2D eigenvalue weighted by Gasteiger charge is -2.32. The van der Waals surface area contributed by atoms with Crippen molar-refractivity contribution in [3.05, 3.63) is 29.3 Å². The minimum Gasteiger partial charge on any atom is -0.481 e. The maximum absolute atomic E-state index is 12.3. The maximum atomic E-state index is 12.3. The van der Waals surface area contributed by atoms with E-state index in [4.69, 9.17) is 26.2 Å². The third-order valence-corrected chi connectivity index (χ3v) is 3.38. The Morgan fingerprint density at radius 2 is 2.10 bits per heavy atom. The number of hydrogen-bond acceptors (Lipinski definition) is 4. The van der Waals surface area contributed by atoms with Gasteiger partial charge in [0.1, 0.15) is 5.75 Å². The molecule has 0 bridgehead atoms. The number of halogens is 1. The van der Waals surface area contributed by atoms with Crippen molar-refractivity contribution >= 4 is 23.5 Å². The first-order chi connectivity index (χ1) is 9.97. The summed E-state index contributed by atoms with van der Waals surface area (Å²) >= 11 is 5.78. The summed E-state index contributed by atoms with van der Waals surface area (Å²) in [5, 5.41) is 9.51. The lowest BCUT2D eigenvalue weighted by atomic mass is 10.2. The van der Waals surface area contributed by atoms with Gasteiger partial charge in [-0.25, -0.2) is 4.79 Å². The molecule has 1 fully saturated rings. The molecule has 21 heavy (non-hydrogen) atoms. The highest BCUT2D eigenvalue weighted by Crippen LogP contribution is 2.18. The molecule has 0 saturated carbocycles. The fraction of sp³-hybridized carbons (Fsp3) is 0.429. The van der Waals surface area contributed by atoms with Crippen molar-refractivity contribution in [2.24, 2.45) is 0 Å². The molecule has 1 aromatic carbocycles. The number of benzene rings is 1. The minimum absolute atomic E-state index is 0.0302. The average molecular weight is 314 g/mol. The monoisotopic (exact) mass is 313 g/mol. The van der Waals surface area contributed by atoms with Crippen LogP contribution < -0.4 is 4.74 Å². The van der Waals surface area contributed by atoms with E-state index in [2.05, 4.69) is 0 Å². The Labute approximate surface area is 127 Å². The number of ether oxygens (including phenoxy) is 2. The summed E-state index contributed by atoms with van der Waals surface area (Å²) < 4.78 is 10.6. The summed E-state index contributed by atoms with van der Waals surface area (Å²) in [6, 6.07) is 6.68. The number of carbonyl (C=O) groups is 2. The molecule has 0 aromatic heterocycles. The van der Waals surface area contributed by atoms with Gasteiger partial charge in [0.25, 0.3) is 5.91 Å². The van der Waals surface area contributed by atoms with Gasteiger partial charge in [-0.15, -0.1) is 0 Å². The predicted molar refractivity (Wildman–Crippen MR) is 75.5 cm³/mol. The Bertz CT molecular complexity index is 519.